The van der Waals surface area contributed by atoms with E-state index in [1.807, 2.05) is 0 Å². The van der Waals surface area contributed by atoms with Gasteiger partial charge in [0.2, 0.25) is 0 Å². The molecular weight excluding hydrogens is 150 g/mol. The maximum absolute atomic E-state index is 8.98. The molecule has 0 bridgehead atoms. The minimum Gasteiger partial charge on any atom is -0.244 e. The molecule has 0 radical (unpaired) electrons. The summed E-state index contributed by atoms with van der Waals surface area (Å²) < 4.78 is 0. The third kappa shape index (κ3) is 0.884. The van der Waals surface area contributed by atoms with Crippen molar-refractivity contribution in [2.24, 2.45) is 0 Å². The molecule has 0 aromatic carbocycles. The number of hydrogen-bond acceptors (Lipinski definition) is 3. The molecular formula is C9H9N3. The lowest BCUT2D eigenvalue weighted by Gasteiger charge is -2.34. The molecule has 12 heavy (non-hydrogen) atoms. The van der Waals surface area contributed by atoms with Gasteiger partial charge in [0.1, 0.15) is 6.33 Å². The highest BCUT2D eigenvalue weighted by Crippen LogP contribution is 2.42. The van der Waals surface area contributed by atoms with E-state index in [4.69, 9.17) is 5.26 Å². The highest BCUT2D eigenvalue weighted by Gasteiger charge is 2.39. The van der Waals surface area contributed by atoms with Gasteiger partial charge < -0.3 is 0 Å². The van der Waals surface area contributed by atoms with Crippen molar-refractivity contribution in [3.63, 3.8) is 0 Å². The summed E-state index contributed by atoms with van der Waals surface area (Å²) in [6.45, 7) is 0. The van der Waals surface area contributed by atoms with Crippen LogP contribution in [0.2, 0.25) is 0 Å². The van der Waals surface area contributed by atoms with E-state index in [-0.39, 0.29) is 5.41 Å². The first-order valence-corrected chi connectivity index (χ1v) is 4.04. The van der Waals surface area contributed by atoms with Crippen LogP contribution in [0, 0.1) is 11.3 Å². The first-order valence-electron chi connectivity index (χ1n) is 4.04. The van der Waals surface area contributed by atoms with Crippen molar-refractivity contribution in [2.45, 2.75) is 24.7 Å². The molecule has 0 spiro atoms. The van der Waals surface area contributed by atoms with Gasteiger partial charge in [-0.05, 0) is 19.3 Å². The fourth-order valence-electron chi connectivity index (χ4n) is 1.54. The maximum atomic E-state index is 8.98. The second-order valence-corrected chi connectivity index (χ2v) is 3.17. The van der Waals surface area contributed by atoms with Crippen LogP contribution in [0.1, 0.15) is 24.8 Å². The van der Waals surface area contributed by atoms with E-state index in [0.717, 1.165) is 24.8 Å². The van der Waals surface area contributed by atoms with Crippen molar-refractivity contribution in [2.75, 3.05) is 0 Å². The fraction of sp³-hybridized carbons (Fsp3) is 0.444. The van der Waals surface area contributed by atoms with Gasteiger partial charge >= 0.3 is 0 Å². The van der Waals surface area contributed by atoms with Gasteiger partial charge in [-0.25, -0.2) is 9.97 Å². The zero-order valence-electron chi connectivity index (χ0n) is 6.70. The summed E-state index contributed by atoms with van der Waals surface area (Å²) in [6, 6.07) is 2.35. The zero-order valence-corrected chi connectivity index (χ0v) is 6.70. The summed E-state index contributed by atoms with van der Waals surface area (Å²) in [5.41, 5.74) is 0.708. The lowest BCUT2D eigenvalue weighted by Crippen LogP contribution is -2.32. The Bertz CT molecular complexity index is 308. The van der Waals surface area contributed by atoms with Crippen molar-refractivity contribution in [1.82, 2.24) is 9.97 Å². The standard InChI is InChI=1S/C9H9N3/c10-6-9(2-1-3-9)8-4-11-7-12-5-8/h4-5,7H,1-3H2. The van der Waals surface area contributed by atoms with Crippen LogP contribution in [0.15, 0.2) is 18.7 Å². The Balaban J connectivity index is 2.36. The molecule has 1 aromatic rings. The average molecular weight is 159 g/mol. The lowest BCUT2D eigenvalue weighted by molar-refractivity contribution is 0.322. The monoisotopic (exact) mass is 159 g/mol. The summed E-state index contributed by atoms with van der Waals surface area (Å²) in [4.78, 5) is 7.84. The second-order valence-electron chi connectivity index (χ2n) is 3.17. The predicted octanol–water partition coefficient (Wildman–Crippen LogP) is 1.42. The summed E-state index contributed by atoms with van der Waals surface area (Å²) in [7, 11) is 0. The third-order valence-corrected chi connectivity index (χ3v) is 2.53. The molecule has 60 valence electrons. The van der Waals surface area contributed by atoms with Crippen LogP contribution < -0.4 is 0 Å². The molecule has 0 unspecified atom stereocenters. The topological polar surface area (TPSA) is 49.6 Å². The van der Waals surface area contributed by atoms with Crippen molar-refractivity contribution in [3.8, 4) is 6.07 Å². The van der Waals surface area contributed by atoms with Gasteiger partial charge in [0, 0.05) is 18.0 Å². The Morgan fingerprint density at radius 2 is 2.00 bits per heavy atom. The van der Waals surface area contributed by atoms with Gasteiger partial charge in [0.15, 0.2) is 0 Å². The second kappa shape index (κ2) is 2.56. The summed E-state index contributed by atoms with van der Waals surface area (Å²) in [6.07, 6.45) is 8.04. The van der Waals surface area contributed by atoms with Crippen molar-refractivity contribution < 1.29 is 0 Å². The minimum atomic E-state index is -0.263. The quantitative estimate of drug-likeness (QED) is 0.622. The van der Waals surface area contributed by atoms with Crippen LogP contribution >= 0.6 is 0 Å². The van der Waals surface area contributed by atoms with Gasteiger partial charge in [-0.15, -0.1) is 0 Å². The van der Waals surface area contributed by atoms with E-state index in [0.29, 0.717) is 0 Å². The molecule has 2 rings (SSSR count). The highest BCUT2D eigenvalue weighted by molar-refractivity contribution is 5.31. The highest BCUT2D eigenvalue weighted by atomic mass is 14.8. The average Bonchev–Trinajstić information content (AvgIpc) is 2.05. The normalized spacial score (nSPS) is 19.2. The smallest absolute Gasteiger partial charge is 0.115 e. The van der Waals surface area contributed by atoms with E-state index in [2.05, 4.69) is 16.0 Å². The van der Waals surface area contributed by atoms with E-state index in [1.165, 1.54) is 6.33 Å². The van der Waals surface area contributed by atoms with E-state index in [1.54, 1.807) is 12.4 Å². The number of nitriles is 1. The van der Waals surface area contributed by atoms with Crippen LogP contribution in [0.5, 0.6) is 0 Å². The summed E-state index contributed by atoms with van der Waals surface area (Å²) >= 11 is 0. The number of nitrogens with zero attached hydrogens (tertiary/aromatic N) is 3. The van der Waals surface area contributed by atoms with Gasteiger partial charge in [-0.1, -0.05) is 0 Å². The number of hydrogen-bond donors (Lipinski definition) is 0. The number of aromatic nitrogens is 2. The van der Waals surface area contributed by atoms with Gasteiger partial charge in [0.25, 0.3) is 0 Å². The Morgan fingerprint density at radius 3 is 2.42 bits per heavy atom. The Labute approximate surface area is 71.1 Å². The first-order chi connectivity index (χ1) is 5.87. The molecule has 1 aromatic heterocycles. The van der Waals surface area contributed by atoms with Crippen LogP contribution in [0.4, 0.5) is 0 Å². The predicted molar refractivity (Wildman–Crippen MR) is 43.2 cm³/mol. The van der Waals surface area contributed by atoms with Gasteiger partial charge in [-0.3, -0.25) is 0 Å². The maximum Gasteiger partial charge on any atom is 0.115 e. The SMILES string of the molecule is N#CC1(c2cncnc2)CCC1. The molecule has 1 aliphatic rings. The lowest BCUT2D eigenvalue weighted by atomic mass is 9.66. The van der Waals surface area contributed by atoms with E-state index in [9.17, 15) is 0 Å². The molecule has 0 amide bonds. The molecule has 1 heterocycles. The fourth-order valence-corrected chi connectivity index (χ4v) is 1.54. The Hall–Kier alpha value is -1.43. The molecule has 0 atom stereocenters. The van der Waals surface area contributed by atoms with E-state index < -0.39 is 0 Å². The molecule has 0 N–H and O–H groups in total. The van der Waals surface area contributed by atoms with Crippen LogP contribution in [-0.2, 0) is 5.41 Å². The third-order valence-electron chi connectivity index (χ3n) is 2.53. The number of rotatable bonds is 1. The molecule has 3 nitrogen and oxygen atoms in total. The first kappa shape index (κ1) is 7.23. The van der Waals surface area contributed by atoms with E-state index >= 15 is 0 Å². The zero-order chi connectivity index (χ0) is 8.44. The Morgan fingerprint density at radius 1 is 1.33 bits per heavy atom. The minimum absolute atomic E-state index is 0.263. The largest absolute Gasteiger partial charge is 0.244 e. The molecule has 1 saturated carbocycles. The van der Waals surface area contributed by atoms with Gasteiger partial charge in [-0.2, -0.15) is 5.26 Å². The van der Waals surface area contributed by atoms with Crippen LogP contribution in [0.3, 0.4) is 0 Å². The Kier molecular flexibility index (Phi) is 1.54. The molecule has 3 heteroatoms. The van der Waals surface area contributed by atoms with Gasteiger partial charge in [0.05, 0.1) is 11.5 Å². The molecule has 1 fully saturated rings. The van der Waals surface area contributed by atoms with Crippen molar-refractivity contribution >= 4 is 0 Å². The molecule has 0 aliphatic heterocycles. The molecule has 0 saturated heterocycles. The summed E-state index contributed by atoms with van der Waals surface area (Å²) in [5.74, 6) is 0. The summed E-state index contributed by atoms with van der Waals surface area (Å²) in [5, 5.41) is 8.98. The van der Waals surface area contributed by atoms with Crippen LogP contribution in [0.25, 0.3) is 0 Å². The van der Waals surface area contributed by atoms with Crippen molar-refractivity contribution in [3.05, 3.63) is 24.3 Å². The van der Waals surface area contributed by atoms with Crippen LogP contribution in [-0.4, -0.2) is 9.97 Å². The van der Waals surface area contributed by atoms with Crippen molar-refractivity contribution in [1.29, 1.82) is 5.26 Å². The molecule has 1 aliphatic carbocycles.